The van der Waals surface area contributed by atoms with E-state index in [1.165, 1.54) is 47.8 Å². The molecule has 12 heteroatoms. The standard InChI is InChI=1S/C24H36N4O6S2/c1-3-7-20-22-21(28(24(20)30)35(2,31)32)12-16-27(22)36(33,34)19-10-8-18(9-11-19)23(29)25-13-17-26-14-5-4-6-15-26/h8-11,20-22H,3-7,12-17H2,1-2H3,(H,25,29)/t20-,21-,22+/m1/s1. The van der Waals surface area contributed by atoms with Gasteiger partial charge in [0, 0.05) is 25.2 Å². The molecule has 3 heterocycles. The van der Waals surface area contributed by atoms with Crippen LogP contribution in [0, 0.1) is 5.92 Å². The molecule has 2 amide bonds. The predicted molar refractivity (Wildman–Crippen MR) is 135 cm³/mol. The highest BCUT2D eigenvalue weighted by molar-refractivity contribution is 7.89. The summed E-state index contributed by atoms with van der Waals surface area (Å²) in [4.78, 5) is 27.8. The van der Waals surface area contributed by atoms with Crippen molar-refractivity contribution < 1.29 is 26.4 Å². The summed E-state index contributed by atoms with van der Waals surface area (Å²) in [6.07, 6.45) is 5.91. The highest BCUT2D eigenvalue weighted by Gasteiger charge is 2.58. The number of amides is 2. The Morgan fingerprint density at radius 3 is 2.31 bits per heavy atom. The van der Waals surface area contributed by atoms with Crippen molar-refractivity contribution in [2.45, 2.75) is 62.4 Å². The summed E-state index contributed by atoms with van der Waals surface area (Å²) in [6.45, 7) is 5.43. The lowest BCUT2D eigenvalue weighted by Crippen LogP contribution is -2.43. The lowest BCUT2D eigenvalue weighted by Gasteiger charge is -2.27. The number of carbonyl (C=O) groups is 2. The summed E-state index contributed by atoms with van der Waals surface area (Å²) >= 11 is 0. The zero-order valence-corrected chi connectivity index (χ0v) is 22.6. The molecule has 10 nitrogen and oxygen atoms in total. The number of piperidine rings is 1. The third-order valence-electron chi connectivity index (χ3n) is 7.46. The molecule has 0 aliphatic carbocycles. The van der Waals surface area contributed by atoms with Crippen molar-refractivity contribution in [3.05, 3.63) is 29.8 Å². The number of rotatable bonds is 9. The average molecular weight is 541 g/mol. The maximum absolute atomic E-state index is 13.6. The van der Waals surface area contributed by atoms with Crippen molar-refractivity contribution in [1.82, 2.24) is 18.8 Å². The molecule has 0 saturated carbocycles. The Morgan fingerprint density at radius 1 is 1.03 bits per heavy atom. The minimum Gasteiger partial charge on any atom is -0.351 e. The molecule has 1 aromatic carbocycles. The number of carbonyl (C=O) groups excluding carboxylic acids is 2. The lowest BCUT2D eigenvalue weighted by molar-refractivity contribution is -0.128. The van der Waals surface area contributed by atoms with Gasteiger partial charge in [-0.2, -0.15) is 4.31 Å². The van der Waals surface area contributed by atoms with E-state index in [0.29, 0.717) is 24.9 Å². The Balaban J connectivity index is 1.46. The lowest BCUT2D eigenvalue weighted by atomic mass is 9.95. The van der Waals surface area contributed by atoms with Crippen LogP contribution in [-0.4, -0.2) is 93.2 Å². The summed E-state index contributed by atoms with van der Waals surface area (Å²) < 4.78 is 53.9. The van der Waals surface area contributed by atoms with Crippen LogP contribution in [0.25, 0.3) is 0 Å². The molecule has 0 bridgehead atoms. The van der Waals surface area contributed by atoms with Crippen LogP contribution in [-0.2, 0) is 24.8 Å². The number of likely N-dealkylation sites (tertiary alicyclic amines) is 1. The van der Waals surface area contributed by atoms with E-state index in [9.17, 15) is 26.4 Å². The van der Waals surface area contributed by atoms with E-state index < -0.39 is 44.0 Å². The van der Waals surface area contributed by atoms with Crippen molar-refractivity contribution in [3.63, 3.8) is 0 Å². The van der Waals surface area contributed by atoms with Crippen molar-refractivity contribution in [2.75, 3.05) is 39.0 Å². The first-order valence-electron chi connectivity index (χ1n) is 12.7. The summed E-state index contributed by atoms with van der Waals surface area (Å²) in [5.41, 5.74) is 0.370. The largest absolute Gasteiger partial charge is 0.351 e. The first kappa shape index (κ1) is 27.0. The van der Waals surface area contributed by atoms with Gasteiger partial charge in [-0.3, -0.25) is 9.59 Å². The molecule has 3 saturated heterocycles. The molecule has 0 spiro atoms. The molecule has 0 aromatic heterocycles. The molecule has 0 radical (unpaired) electrons. The van der Waals surface area contributed by atoms with Gasteiger partial charge < -0.3 is 10.2 Å². The van der Waals surface area contributed by atoms with Gasteiger partial charge in [-0.1, -0.05) is 19.8 Å². The fourth-order valence-corrected chi connectivity index (χ4v) is 8.68. The minimum atomic E-state index is -3.99. The highest BCUT2D eigenvalue weighted by atomic mass is 32.2. The molecule has 1 N–H and O–H groups in total. The third kappa shape index (κ3) is 5.32. The zero-order valence-electron chi connectivity index (χ0n) is 20.9. The van der Waals surface area contributed by atoms with Gasteiger partial charge in [-0.25, -0.2) is 21.1 Å². The maximum Gasteiger partial charge on any atom is 0.251 e. The molecule has 3 aliphatic rings. The van der Waals surface area contributed by atoms with Crippen LogP contribution >= 0.6 is 0 Å². The Morgan fingerprint density at radius 2 is 1.69 bits per heavy atom. The molecule has 3 aliphatic heterocycles. The molecule has 4 rings (SSSR count). The van der Waals surface area contributed by atoms with Gasteiger partial charge in [0.05, 0.1) is 29.2 Å². The molecule has 1 aromatic rings. The fraction of sp³-hybridized carbons (Fsp3) is 0.667. The van der Waals surface area contributed by atoms with E-state index in [0.717, 1.165) is 30.2 Å². The number of nitrogens with zero attached hydrogens (tertiary/aromatic N) is 3. The normalized spacial score (nSPS) is 25.8. The Labute approximate surface area is 214 Å². The van der Waals surface area contributed by atoms with Crippen LogP contribution in [0.1, 0.15) is 55.8 Å². The van der Waals surface area contributed by atoms with Crippen LogP contribution in [0.5, 0.6) is 0 Å². The number of fused-ring (bicyclic) bond motifs is 1. The minimum absolute atomic E-state index is 0.0218. The average Bonchev–Trinajstić information content (AvgIpc) is 3.38. The van der Waals surface area contributed by atoms with Gasteiger partial charge in [0.25, 0.3) is 5.91 Å². The van der Waals surface area contributed by atoms with E-state index >= 15 is 0 Å². The summed E-state index contributed by atoms with van der Waals surface area (Å²) in [5.74, 6) is -1.48. The third-order valence-corrected chi connectivity index (χ3v) is 10.5. The number of hydrogen-bond donors (Lipinski definition) is 1. The molecule has 200 valence electrons. The van der Waals surface area contributed by atoms with Gasteiger partial charge in [0.2, 0.25) is 26.0 Å². The van der Waals surface area contributed by atoms with E-state index in [4.69, 9.17) is 0 Å². The number of benzene rings is 1. The fourth-order valence-electron chi connectivity index (χ4n) is 5.79. The molecular weight excluding hydrogens is 504 g/mol. The second-order valence-electron chi connectivity index (χ2n) is 9.94. The summed E-state index contributed by atoms with van der Waals surface area (Å²) in [6, 6.07) is 4.37. The van der Waals surface area contributed by atoms with Crippen LogP contribution in [0.4, 0.5) is 0 Å². The molecule has 0 unspecified atom stereocenters. The Hall–Kier alpha value is -2.02. The van der Waals surface area contributed by atoms with Gasteiger partial charge in [-0.15, -0.1) is 0 Å². The van der Waals surface area contributed by atoms with E-state index in [-0.39, 0.29) is 23.8 Å². The Bertz CT molecular complexity index is 1180. The van der Waals surface area contributed by atoms with E-state index in [2.05, 4.69) is 10.2 Å². The van der Waals surface area contributed by atoms with E-state index in [1.54, 1.807) is 0 Å². The summed E-state index contributed by atoms with van der Waals surface area (Å²) in [5, 5.41) is 2.89. The van der Waals surface area contributed by atoms with Gasteiger partial charge in [0.1, 0.15) is 0 Å². The first-order valence-corrected chi connectivity index (χ1v) is 16.0. The molecule has 36 heavy (non-hydrogen) atoms. The van der Waals surface area contributed by atoms with E-state index in [1.807, 2.05) is 6.92 Å². The number of nitrogens with one attached hydrogen (secondary N) is 1. The first-order chi connectivity index (χ1) is 17.1. The zero-order chi connectivity index (χ0) is 26.1. The monoisotopic (exact) mass is 540 g/mol. The summed E-state index contributed by atoms with van der Waals surface area (Å²) in [7, 11) is -7.80. The second kappa shape index (κ2) is 10.8. The van der Waals surface area contributed by atoms with Crippen LogP contribution in [0.15, 0.2) is 29.2 Å². The second-order valence-corrected chi connectivity index (χ2v) is 13.7. The van der Waals surface area contributed by atoms with Crippen LogP contribution in [0.3, 0.4) is 0 Å². The van der Waals surface area contributed by atoms with Gasteiger partial charge >= 0.3 is 0 Å². The number of sulfonamides is 2. The Kier molecular flexibility index (Phi) is 8.08. The highest BCUT2D eigenvalue weighted by Crippen LogP contribution is 2.42. The topological polar surface area (TPSA) is 124 Å². The number of hydrogen-bond acceptors (Lipinski definition) is 7. The van der Waals surface area contributed by atoms with Crippen molar-refractivity contribution in [2.24, 2.45) is 5.92 Å². The van der Waals surface area contributed by atoms with Crippen LogP contribution < -0.4 is 5.32 Å². The smallest absolute Gasteiger partial charge is 0.251 e. The SMILES string of the molecule is CCC[C@H]1C(=O)N(S(C)(=O)=O)[C@@H]2CCN(S(=O)(=O)c3ccc(C(=O)NCCN4CCCCC4)cc3)[C@H]21. The van der Waals surface area contributed by atoms with Gasteiger partial charge in [0.15, 0.2) is 0 Å². The molecular formula is C24H36N4O6S2. The van der Waals surface area contributed by atoms with Gasteiger partial charge in [-0.05, 0) is 63.0 Å². The quantitative estimate of drug-likeness (QED) is 0.500. The van der Waals surface area contributed by atoms with Crippen molar-refractivity contribution in [3.8, 4) is 0 Å². The van der Waals surface area contributed by atoms with Crippen molar-refractivity contribution in [1.29, 1.82) is 0 Å². The van der Waals surface area contributed by atoms with Crippen LogP contribution in [0.2, 0.25) is 0 Å². The molecule has 3 fully saturated rings. The van der Waals surface area contributed by atoms with Crippen molar-refractivity contribution >= 4 is 31.9 Å². The molecule has 3 atom stereocenters. The maximum atomic E-state index is 13.6. The predicted octanol–water partition coefficient (Wildman–Crippen LogP) is 1.25.